The Labute approximate surface area is 98.0 Å². The molecule has 0 aliphatic heterocycles. The number of primary sulfonamides is 1. The molecular formula is C6H6F2IN3O2S. The van der Waals surface area contributed by atoms with Gasteiger partial charge >= 0.3 is 0 Å². The number of sulfonamides is 1. The Hall–Kier alpha value is -0.550. The zero-order valence-corrected chi connectivity index (χ0v) is 10.1. The Morgan fingerprint density at radius 2 is 2.00 bits per heavy atom. The van der Waals surface area contributed by atoms with Crippen LogP contribution in [0, 0.1) is 3.70 Å². The summed E-state index contributed by atoms with van der Waals surface area (Å²) in [5.41, 5.74) is 4.13. The highest BCUT2D eigenvalue weighted by Crippen LogP contribution is 2.32. The first kappa shape index (κ1) is 12.5. The molecule has 1 aromatic heterocycles. The lowest BCUT2D eigenvalue weighted by atomic mass is 10.2. The van der Waals surface area contributed by atoms with E-state index in [0.717, 1.165) is 6.20 Å². The van der Waals surface area contributed by atoms with E-state index in [-0.39, 0.29) is 3.70 Å². The van der Waals surface area contributed by atoms with Crippen LogP contribution >= 0.6 is 22.6 Å². The van der Waals surface area contributed by atoms with E-state index in [4.69, 9.17) is 10.9 Å². The summed E-state index contributed by atoms with van der Waals surface area (Å²) in [6.07, 6.45) is -2.04. The molecule has 0 aromatic carbocycles. The van der Waals surface area contributed by atoms with Crippen LogP contribution in [0.25, 0.3) is 0 Å². The van der Waals surface area contributed by atoms with Gasteiger partial charge in [-0.1, -0.05) is 0 Å². The van der Waals surface area contributed by atoms with Crippen molar-refractivity contribution in [1.82, 2.24) is 4.98 Å². The summed E-state index contributed by atoms with van der Waals surface area (Å²) in [6, 6.07) is 0. The Kier molecular flexibility index (Phi) is 3.45. The summed E-state index contributed by atoms with van der Waals surface area (Å²) in [5, 5.41) is 4.78. The SMILES string of the molecule is Nc1c(S(N)(=O)=O)cnc(I)c1C(F)F. The molecule has 0 spiro atoms. The fourth-order valence-corrected chi connectivity index (χ4v) is 2.21. The third-order valence-corrected chi connectivity index (χ3v) is 3.40. The zero-order chi connectivity index (χ0) is 11.8. The lowest BCUT2D eigenvalue weighted by Gasteiger charge is -2.09. The van der Waals surface area contributed by atoms with Crippen molar-refractivity contribution in [2.75, 3.05) is 5.73 Å². The fraction of sp³-hybridized carbons (Fsp3) is 0.167. The Morgan fingerprint density at radius 3 is 2.40 bits per heavy atom. The van der Waals surface area contributed by atoms with Crippen LogP contribution in [-0.4, -0.2) is 13.4 Å². The quantitative estimate of drug-likeness (QED) is 0.611. The van der Waals surface area contributed by atoms with E-state index in [2.05, 4.69) is 4.98 Å². The van der Waals surface area contributed by atoms with Gasteiger partial charge in [0.2, 0.25) is 10.0 Å². The molecular weight excluding hydrogens is 343 g/mol. The number of pyridine rings is 1. The summed E-state index contributed by atoms with van der Waals surface area (Å²) < 4.78 is 46.8. The molecule has 0 radical (unpaired) electrons. The normalized spacial score (nSPS) is 12.1. The second kappa shape index (κ2) is 4.14. The molecule has 4 N–H and O–H groups in total. The van der Waals surface area contributed by atoms with Gasteiger partial charge in [0, 0.05) is 0 Å². The van der Waals surface area contributed by atoms with Gasteiger partial charge in [-0.25, -0.2) is 27.3 Å². The number of rotatable bonds is 2. The first-order valence-corrected chi connectivity index (χ1v) is 6.12. The Balaban J connectivity index is 3.56. The lowest BCUT2D eigenvalue weighted by Crippen LogP contribution is -2.16. The van der Waals surface area contributed by atoms with Gasteiger partial charge in [-0.05, 0) is 22.6 Å². The van der Waals surface area contributed by atoms with E-state index in [0.29, 0.717) is 0 Å². The zero-order valence-electron chi connectivity index (χ0n) is 7.12. The molecule has 84 valence electrons. The molecule has 15 heavy (non-hydrogen) atoms. The smallest absolute Gasteiger partial charge is 0.268 e. The minimum absolute atomic E-state index is 0.0486. The predicted octanol–water partition coefficient (Wildman–Crippen LogP) is 0.853. The van der Waals surface area contributed by atoms with Gasteiger partial charge < -0.3 is 5.73 Å². The average molecular weight is 349 g/mol. The van der Waals surface area contributed by atoms with Crippen LogP contribution in [0.15, 0.2) is 11.1 Å². The number of nitrogen functional groups attached to an aromatic ring is 1. The van der Waals surface area contributed by atoms with Crippen molar-refractivity contribution in [2.45, 2.75) is 11.3 Å². The van der Waals surface area contributed by atoms with E-state index >= 15 is 0 Å². The number of nitrogens with two attached hydrogens (primary N) is 2. The van der Waals surface area contributed by atoms with Crippen LogP contribution in [0.5, 0.6) is 0 Å². The number of halogens is 3. The molecule has 0 aliphatic carbocycles. The highest BCUT2D eigenvalue weighted by atomic mass is 127. The molecule has 0 saturated heterocycles. The van der Waals surface area contributed by atoms with Crippen molar-refractivity contribution in [3.63, 3.8) is 0 Å². The maximum Gasteiger partial charge on any atom is 0.268 e. The molecule has 1 aromatic rings. The number of anilines is 1. The van der Waals surface area contributed by atoms with Gasteiger partial charge in [0.15, 0.2) is 0 Å². The first-order valence-electron chi connectivity index (χ1n) is 3.50. The van der Waals surface area contributed by atoms with Gasteiger partial charge in [0.25, 0.3) is 6.43 Å². The molecule has 0 unspecified atom stereocenters. The highest BCUT2D eigenvalue weighted by Gasteiger charge is 2.23. The minimum Gasteiger partial charge on any atom is -0.397 e. The van der Waals surface area contributed by atoms with Gasteiger partial charge in [-0.2, -0.15) is 0 Å². The summed E-state index contributed by atoms with van der Waals surface area (Å²) in [6.45, 7) is 0. The van der Waals surface area contributed by atoms with Crippen LogP contribution in [0.2, 0.25) is 0 Å². The fourth-order valence-electron chi connectivity index (χ4n) is 0.933. The van der Waals surface area contributed by atoms with Crippen LogP contribution < -0.4 is 10.9 Å². The van der Waals surface area contributed by atoms with Crippen molar-refractivity contribution in [1.29, 1.82) is 0 Å². The number of aromatic nitrogens is 1. The predicted molar refractivity (Wildman–Crippen MR) is 57.7 cm³/mol. The molecule has 9 heteroatoms. The van der Waals surface area contributed by atoms with Gasteiger partial charge in [-0.3, -0.25) is 0 Å². The minimum atomic E-state index is -4.13. The van der Waals surface area contributed by atoms with Crippen LogP contribution in [-0.2, 0) is 10.0 Å². The molecule has 0 saturated carbocycles. The molecule has 0 aliphatic rings. The standard InChI is InChI=1S/C6H6F2IN3O2S/c7-5(8)3-4(10)2(15(11,13)14)1-12-6(3)9/h1,5H,(H2,10,12)(H2,11,13,14). The van der Waals surface area contributed by atoms with E-state index in [1.807, 2.05) is 0 Å². The summed E-state index contributed by atoms with van der Waals surface area (Å²) >= 11 is 1.54. The Morgan fingerprint density at radius 1 is 1.47 bits per heavy atom. The van der Waals surface area contributed by atoms with Gasteiger partial charge in [0.05, 0.1) is 17.4 Å². The van der Waals surface area contributed by atoms with Crippen molar-refractivity contribution in [2.24, 2.45) is 5.14 Å². The monoisotopic (exact) mass is 349 g/mol. The summed E-state index contributed by atoms with van der Waals surface area (Å²) in [5.74, 6) is 0. The number of hydrogen-bond donors (Lipinski definition) is 2. The molecule has 0 bridgehead atoms. The molecule has 5 nitrogen and oxygen atoms in total. The molecule has 0 atom stereocenters. The summed E-state index contributed by atoms with van der Waals surface area (Å²) in [4.78, 5) is 2.91. The second-order valence-electron chi connectivity index (χ2n) is 2.59. The topological polar surface area (TPSA) is 99.1 Å². The second-order valence-corrected chi connectivity index (χ2v) is 5.14. The van der Waals surface area contributed by atoms with E-state index < -0.39 is 32.6 Å². The molecule has 0 amide bonds. The maximum absolute atomic E-state index is 12.5. The number of alkyl halides is 2. The van der Waals surface area contributed by atoms with Crippen molar-refractivity contribution < 1.29 is 17.2 Å². The van der Waals surface area contributed by atoms with Crippen molar-refractivity contribution in [3.05, 3.63) is 15.5 Å². The van der Waals surface area contributed by atoms with Crippen molar-refractivity contribution >= 4 is 38.3 Å². The largest absolute Gasteiger partial charge is 0.397 e. The van der Waals surface area contributed by atoms with Crippen LogP contribution in [0.1, 0.15) is 12.0 Å². The van der Waals surface area contributed by atoms with E-state index in [9.17, 15) is 17.2 Å². The number of hydrogen-bond acceptors (Lipinski definition) is 4. The third kappa shape index (κ3) is 2.52. The molecule has 0 fully saturated rings. The maximum atomic E-state index is 12.5. The number of nitrogens with zero attached hydrogens (tertiary/aromatic N) is 1. The van der Waals surface area contributed by atoms with Crippen LogP contribution in [0.3, 0.4) is 0 Å². The molecule has 1 rings (SSSR count). The van der Waals surface area contributed by atoms with Gasteiger partial charge in [-0.15, -0.1) is 0 Å². The lowest BCUT2D eigenvalue weighted by molar-refractivity contribution is 0.150. The Bertz CT molecular complexity index is 491. The molecule has 1 heterocycles. The van der Waals surface area contributed by atoms with E-state index in [1.165, 1.54) is 22.6 Å². The van der Waals surface area contributed by atoms with Crippen molar-refractivity contribution in [3.8, 4) is 0 Å². The average Bonchev–Trinajstić information content (AvgIpc) is 2.00. The summed E-state index contributed by atoms with van der Waals surface area (Å²) in [7, 11) is -4.13. The third-order valence-electron chi connectivity index (χ3n) is 1.60. The van der Waals surface area contributed by atoms with Gasteiger partial charge in [0.1, 0.15) is 8.60 Å². The van der Waals surface area contributed by atoms with Crippen LogP contribution in [0.4, 0.5) is 14.5 Å². The highest BCUT2D eigenvalue weighted by molar-refractivity contribution is 14.1. The first-order chi connectivity index (χ1) is 6.75. The van der Waals surface area contributed by atoms with E-state index in [1.54, 1.807) is 0 Å².